The van der Waals surface area contributed by atoms with Crippen molar-refractivity contribution in [2.24, 2.45) is 0 Å². The minimum atomic E-state index is -0.238. The maximum Gasteiger partial charge on any atom is 0.252 e. The molecule has 148 valence electrons. The molecule has 1 saturated carbocycles. The number of hydrogen-bond donors (Lipinski definition) is 2. The lowest BCUT2D eigenvalue weighted by molar-refractivity contribution is -0.113. The van der Waals surface area contributed by atoms with Crippen LogP contribution < -0.4 is 10.6 Å². The maximum atomic E-state index is 12.7. The van der Waals surface area contributed by atoms with E-state index in [-0.39, 0.29) is 23.6 Å². The van der Waals surface area contributed by atoms with Crippen LogP contribution in [0.25, 0.3) is 10.9 Å². The Morgan fingerprint density at radius 3 is 2.69 bits per heavy atom. The third kappa shape index (κ3) is 5.01. The van der Waals surface area contributed by atoms with Crippen LogP contribution in [0.5, 0.6) is 0 Å². The van der Waals surface area contributed by atoms with Gasteiger partial charge in [-0.3, -0.25) is 9.59 Å². The lowest BCUT2D eigenvalue weighted by Crippen LogP contribution is -2.25. The predicted molar refractivity (Wildman–Crippen MR) is 118 cm³/mol. The van der Waals surface area contributed by atoms with Crippen LogP contribution in [-0.4, -0.2) is 28.6 Å². The molecule has 1 heterocycles. The third-order valence-corrected chi connectivity index (χ3v) is 5.88. The van der Waals surface area contributed by atoms with E-state index in [0.29, 0.717) is 26.3 Å². The zero-order valence-corrected chi connectivity index (χ0v) is 17.6. The lowest BCUT2D eigenvalue weighted by atomic mass is 10.1. The fourth-order valence-corrected chi connectivity index (χ4v) is 3.87. The number of carbonyl (C=O) groups excluding carboxylic acids is 2. The summed E-state index contributed by atoms with van der Waals surface area (Å²) in [6.07, 6.45) is 2.03. The molecule has 0 aliphatic heterocycles. The molecule has 2 N–H and O–H groups in total. The molecule has 1 aliphatic carbocycles. The molecular weight excluding hydrogens is 429 g/mol. The number of carbonyl (C=O) groups is 2. The van der Waals surface area contributed by atoms with E-state index in [1.165, 1.54) is 11.8 Å². The molecule has 0 atom stereocenters. The van der Waals surface area contributed by atoms with Crippen molar-refractivity contribution in [1.29, 1.82) is 0 Å². The standard InChI is InChI=1S/C21H17Cl2N3O2S/c22-12-5-8-16(23)18(9-12)25-19(27)11-29-20-10-15(21(28)24-13-6-7-13)14-3-1-2-4-17(14)26-20/h1-5,8-10,13H,6-7,11H2,(H,24,28)(H,25,27). The summed E-state index contributed by atoms with van der Waals surface area (Å²) in [6, 6.07) is 14.4. The Labute approximate surface area is 182 Å². The molecule has 0 spiro atoms. The number of anilines is 1. The number of fused-ring (bicyclic) bond motifs is 1. The fourth-order valence-electron chi connectivity index (χ4n) is 2.82. The Hall–Kier alpha value is -2.28. The molecule has 2 aromatic carbocycles. The molecule has 3 aromatic rings. The van der Waals surface area contributed by atoms with Gasteiger partial charge in [0.2, 0.25) is 5.91 Å². The molecule has 29 heavy (non-hydrogen) atoms. The van der Waals surface area contributed by atoms with Crippen molar-refractivity contribution in [2.75, 3.05) is 11.1 Å². The molecule has 0 radical (unpaired) electrons. The van der Waals surface area contributed by atoms with Gasteiger partial charge in [0.1, 0.15) is 0 Å². The molecule has 2 amide bonds. The van der Waals surface area contributed by atoms with Crippen molar-refractivity contribution < 1.29 is 9.59 Å². The topological polar surface area (TPSA) is 71.1 Å². The Morgan fingerprint density at radius 2 is 1.90 bits per heavy atom. The average Bonchev–Trinajstić information content (AvgIpc) is 3.52. The van der Waals surface area contributed by atoms with Crippen LogP contribution in [0.15, 0.2) is 53.6 Å². The van der Waals surface area contributed by atoms with E-state index in [0.717, 1.165) is 23.7 Å². The van der Waals surface area contributed by atoms with Gasteiger partial charge in [-0.15, -0.1) is 0 Å². The highest BCUT2D eigenvalue weighted by Gasteiger charge is 2.25. The van der Waals surface area contributed by atoms with Crippen LogP contribution in [0, 0.1) is 0 Å². The van der Waals surface area contributed by atoms with Crippen LogP contribution >= 0.6 is 35.0 Å². The van der Waals surface area contributed by atoms with E-state index in [4.69, 9.17) is 23.2 Å². The maximum absolute atomic E-state index is 12.7. The van der Waals surface area contributed by atoms with Gasteiger partial charge >= 0.3 is 0 Å². The highest BCUT2D eigenvalue weighted by atomic mass is 35.5. The zero-order chi connectivity index (χ0) is 20.4. The van der Waals surface area contributed by atoms with E-state index >= 15 is 0 Å². The molecule has 0 saturated heterocycles. The Kier molecular flexibility index (Phi) is 5.94. The Balaban J connectivity index is 1.50. The summed E-state index contributed by atoms with van der Waals surface area (Å²) in [6.45, 7) is 0. The molecule has 5 nitrogen and oxygen atoms in total. The summed E-state index contributed by atoms with van der Waals surface area (Å²) in [4.78, 5) is 29.6. The van der Waals surface area contributed by atoms with Crippen molar-refractivity contribution in [1.82, 2.24) is 10.3 Å². The molecule has 8 heteroatoms. The Morgan fingerprint density at radius 1 is 1.10 bits per heavy atom. The van der Waals surface area contributed by atoms with Crippen LogP contribution in [0.1, 0.15) is 23.2 Å². The van der Waals surface area contributed by atoms with Crippen molar-refractivity contribution >= 4 is 63.4 Å². The summed E-state index contributed by atoms with van der Waals surface area (Å²) >= 11 is 13.3. The second-order valence-electron chi connectivity index (χ2n) is 6.73. The number of pyridine rings is 1. The summed E-state index contributed by atoms with van der Waals surface area (Å²) in [5.41, 5.74) is 1.75. The van der Waals surface area contributed by atoms with Crippen LogP contribution in [-0.2, 0) is 4.79 Å². The van der Waals surface area contributed by atoms with E-state index in [1.54, 1.807) is 24.3 Å². The first kappa shape index (κ1) is 20.0. The van der Waals surface area contributed by atoms with Crippen molar-refractivity contribution in [3.8, 4) is 0 Å². The Bertz CT molecular complexity index is 1100. The summed E-state index contributed by atoms with van der Waals surface area (Å²) < 4.78 is 0. The third-order valence-electron chi connectivity index (χ3n) is 4.40. The van der Waals surface area contributed by atoms with E-state index in [2.05, 4.69) is 15.6 Å². The normalized spacial score (nSPS) is 13.3. The average molecular weight is 446 g/mol. The summed E-state index contributed by atoms with van der Waals surface area (Å²) in [7, 11) is 0. The van der Waals surface area contributed by atoms with Gasteiger partial charge in [-0.25, -0.2) is 4.98 Å². The van der Waals surface area contributed by atoms with E-state index in [1.807, 2.05) is 24.3 Å². The van der Waals surface area contributed by atoms with E-state index in [9.17, 15) is 9.59 Å². The van der Waals surface area contributed by atoms with Gasteiger partial charge in [0.25, 0.3) is 5.91 Å². The minimum Gasteiger partial charge on any atom is -0.349 e. The SMILES string of the molecule is O=C(CSc1cc(C(=O)NC2CC2)c2ccccc2n1)Nc1cc(Cl)ccc1Cl. The number of rotatable bonds is 6. The second kappa shape index (κ2) is 8.61. The van der Waals surface area contributed by atoms with Crippen molar-refractivity contribution in [3.63, 3.8) is 0 Å². The van der Waals surface area contributed by atoms with Gasteiger partial charge in [-0.2, -0.15) is 0 Å². The molecule has 0 unspecified atom stereocenters. The second-order valence-corrected chi connectivity index (χ2v) is 8.57. The van der Waals surface area contributed by atoms with Gasteiger partial charge in [0, 0.05) is 16.5 Å². The largest absolute Gasteiger partial charge is 0.349 e. The van der Waals surface area contributed by atoms with Crippen LogP contribution in [0.4, 0.5) is 5.69 Å². The van der Waals surface area contributed by atoms with Gasteiger partial charge in [0.05, 0.1) is 32.6 Å². The van der Waals surface area contributed by atoms with Crippen molar-refractivity contribution in [3.05, 3.63) is 64.1 Å². The molecule has 4 rings (SSSR count). The quantitative estimate of drug-likeness (QED) is 0.513. The number of nitrogens with one attached hydrogen (secondary N) is 2. The number of hydrogen-bond acceptors (Lipinski definition) is 4. The number of thioether (sulfide) groups is 1. The number of halogens is 2. The molecule has 1 aromatic heterocycles. The fraction of sp³-hybridized carbons (Fsp3) is 0.190. The molecule has 0 bridgehead atoms. The summed E-state index contributed by atoms with van der Waals surface area (Å²) in [5.74, 6) is -0.223. The van der Waals surface area contributed by atoms with Gasteiger partial charge < -0.3 is 10.6 Å². The van der Waals surface area contributed by atoms with Crippen LogP contribution in [0.3, 0.4) is 0 Å². The van der Waals surface area contributed by atoms with Gasteiger partial charge in [0.15, 0.2) is 0 Å². The first-order valence-corrected chi connectivity index (χ1v) is 10.8. The monoisotopic (exact) mass is 445 g/mol. The highest BCUT2D eigenvalue weighted by molar-refractivity contribution is 7.99. The molecule has 1 fully saturated rings. The number of amides is 2. The number of nitrogens with zero attached hydrogens (tertiary/aromatic N) is 1. The molecule has 1 aliphatic rings. The predicted octanol–water partition coefficient (Wildman–Crippen LogP) is 5.16. The van der Waals surface area contributed by atoms with Gasteiger partial charge in [-0.1, -0.05) is 53.2 Å². The highest BCUT2D eigenvalue weighted by Crippen LogP contribution is 2.28. The molecular formula is C21H17Cl2N3O2S. The van der Waals surface area contributed by atoms with Crippen LogP contribution in [0.2, 0.25) is 10.0 Å². The number of aromatic nitrogens is 1. The summed E-state index contributed by atoms with van der Waals surface area (Å²) in [5, 5.41) is 8.07. The first-order valence-electron chi connectivity index (χ1n) is 9.08. The number of para-hydroxylation sites is 1. The minimum absolute atomic E-state index is 0.108. The van der Waals surface area contributed by atoms with Crippen molar-refractivity contribution in [2.45, 2.75) is 23.9 Å². The zero-order valence-electron chi connectivity index (χ0n) is 15.2. The smallest absolute Gasteiger partial charge is 0.252 e. The van der Waals surface area contributed by atoms with E-state index < -0.39 is 0 Å². The number of benzene rings is 2. The first-order chi connectivity index (χ1) is 14.0. The van der Waals surface area contributed by atoms with Gasteiger partial charge in [-0.05, 0) is 43.2 Å². The lowest BCUT2D eigenvalue weighted by Gasteiger charge is -2.10.